The van der Waals surface area contributed by atoms with E-state index in [0.717, 1.165) is 54.1 Å². The molecule has 156 valence electrons. The number of methoxy groups -OCH3 is 2. The van der Waals surface area contributed by atoms with Gasteiger partial charge in [-0.1, -0.05) is 12.5 Å². The van der Waals surface area contributed by atoms with E-state index in [9.17, 15) is 4.79 Å². The van der Waals surface area contributed by atoms with Crippen LogP contribution in [0.5, 0.6) is 11.5 Å². The number of pyridine rings is 1. The van der Waals surface area contributed by atoms with Crippen LogP contribution in [0.4, 0.5) is 0 Å². The summed E-state index contributed by atoms with van der Waals surface area (Å²) in [5, 5.41) is 0. The van der Waals surface area contributed by atoms with Crippen molar-refractivity contribution in [3.8, 4) is 22.9 Å². The van der Waals surface area contributed by atoms with Gasteiger partial charge in [-0.2, -0.15) is 0 Å². The highest BCUT2D eigenvalue weighted by Crippen LogP contribution is 2.34. The summed E-state index contributed by atoms with van der Waals surface area (Å²) < 4.78 is 10.9. The van der Waals surface area contributed by atoms with Crippen LogP contribution in [0.25, 0.3) is 11.4 Å². The van der Waals surface area contributed by atoms with Crippen molar-refractivity contribution in [1.29, 1.82) is 0 Å². The molecule has 0 saturated carbocycles. The second-order valence-corrected chi connectivity index (χ2v) is 7.42. The Morgan fingerprint density at radius 1 is 1.17 bits per heavy atom. The van der Waals surface area contributed by atoms with Gasteiger partial charge in [-0.15, -0.1) is 0 Å². The van der Waals surface area contributed by atoms with Crippen molar-refractivity contribution in [3.05, 3.63) is 70.4 Å². The van der Waals surface area contributed by atoms with Gasteiger partial charge in [0.2, 0.25) is 0 Å². The van der Waals surface area contributed by atoms with Gasteiger partial charge in [0, 0.05) is 42.2 Å². The van der Waals surface area contributed by atoms with Gasteiger partial charge in [0.25, 0.3) is 5.56 Å². The minimum absolute atomic E-state index is 0.0725. The molecule has 7 heteroatoms. The number of hydrogen-bond acceptors (Lipinski definition) is 6. The summed E-state index contributed by atoms with van der Waals surface area (Å²) in [7, 11) is 3.32. The van der Waals surface area contributed by atoms with E-state index in [4.69, 9.17) is 14.5 Å². The van der Waals surface area contributed by atoms with E-state index < -0.39 is 0 Å². The second-order valence-electron chi connectivity index (χ2n) is 7.42. The molecule has 0 spiro atoms. The minimum Gasteiger partial charge on any atom is -0.497 e. The monoisotopic (exact) mass is 406 g/mol. The molecule has 0 bridgehead atoms. The number of H-pyrrole nitrogens is 1. The molecule has 3 heterocycles. The third-order valence-corrected chi connectivity index (χ3v) is 5.52. The van der Waals surface area contributed by atoms with Gasteiger partial charge in [-0.3, -0.25) is 14.7 Å². The molecule has 1 aliphatic heterocycles. The Bertz CT molecular complexity index is 1050. The van der Waals surface area contributed by atoms with Crippen molar-refractivity contribution < 1.29 is 9.47 Å². The van der Waals surface area contributed by atoms with Crippen molar-refractivity contribution in [3.63, 3.8) is 0 Å². The zero-order chi connectivity index (χ0) is 20.9. The van der Waals surface area contributed by atoms with Gasteiger partial charge in [-0.25, -0.2) is 4.98 Å². The summed E-state index contributed by atoms with van der Waals surface area (Å²) in [6.07, 6.45) is 6.60. The summed E-state index contributed by atoms with van der Waals surface area (Å²) in [5.74, 6) is 2.12. The van der Waals surface area contributed by atoms with E-state index in [2.05, 4.69) is 14.9 Å². The second kappa shape index (κ2) is 9.09. The smallest absolute Gasteiger partial charge is 0.251 e. The molecule has 4 rings (SSSR count). The van der Waals surface area contributed by atoms with Gasteiger partial charge < -0.3 is 14.5 Å². The van der Waals surface area contributed by atoms with Crippen molar-refractivity contribution in [2.45, 2.75) is 31.8 Å². The fraction of sp³-hybridized carbons (Fsp3) is 0.348. The standard InChI is InChI=1S/C23H26N4O3/c1-29-18-9-8-17(21(12-18)30-2)15-27-11-4-3-7-20(27)19-13-22(28)26-23(25-19)16-6-5-10-24-14-16/h5-6,8-10,12-14,20H,3-4,7,11,15H2,1-2H3,(H,25,26,28). The SMILES string of the molecule is COc1ccc(CN2CCCCC2c2cc(=O)[nH]c(-c3cccnc3)n2)c(OC)c1. The molecule has 1 aromatic carbocycles. The quantitative estimate of drug-likeness (QED) is 0.674. The van der Waals surface area contributed by atoms with Crippen LogP contribution in [0.1, 0.15) is 36.6 Å². The van der Waals surface area contributed by atoms with Crippen molar-refractivity contribution >= 4 is 0 Å². The van der Waals surface area contributed by atoms with Crippen LogP contribution in [0.15, 0.2) is 53.6 Å². The molecule has 1 saturated heterocycles. The van der Waals surface area contributed by atoms with E-state index in [1.54, 1.807) is 32.7 Å². The number of aromatic nitrogens is 3. The topological polar surface area (TPSA) is 80.3 Å². The number of nitrogens with zero attached hydrogens (tertiary/aromatic N) is 3. The number of benzene rings is 1. The number of nitrogens with one attached hydrogen (secondary N) is 1. The lowest BCUT2D eigenvalue weighted by Gasteiger charge is -2.35. The number of hydrogen-bond donors (Lipinski definition) is 1. The maximum atomic E-state index is 12.4. The molecule has 1 fully saturated rings. The van der Waals surface area contributed by atoms with E-state index in [1.807, 2.05) is 30.3 Å². The van der Waals surface area contributed by atoms with Gasteiger partial charge in [0.05, 0.1) is 26.0 Å². The average molecular weight is 406 g/mol. The molecule has 1 N–H and O–H groups in total. The van der Waals surface area contributed by atoms with Gasteiger partial charge >= 0.3 is 0 Å². The highest BCUT2D eigenvalue weighted by atomic mass is 16.5. The summed E-state index contributed by atoms with van der Waals surface area (Å²) >= 11 is 0. The molecule has 0 aliphatic carbocycles. The van der Waals surface area contributed by atoms with Crippen molar-refractivity contribution in [2.24, 2.45) is 0 Å². The number of ether oxygens (including phenoxy) is 2. The molecule has 2 aromatic heterocycles. The molecule has 7 nitrogen and oxygen atoms in total. The molecule has 30 heavy (non-hydrogen) atoms. The molecule has 0 amide bonds. The Balaban J connectivity index is 1.65. The first kappa shape index (κ1) is 20.1. The largest absolute Gasteiger partial charge is 0.497 e. The Morgan fingerprint density at radius 3 is 2.83 bits per heavy atom. The van der Waals surface area contributed by atoms with E-state index in [1.165, 1.54) is 0 Å². The summed E-state index contributed by atoms with van der Waals surface area (Å²) in [5.41, 5.74) is 2.54. The van der Waals surface area contributed by atoms with E-state index in [-0.39, 0.29) is 11.6 Å². The first-order valence-electron chi connectivity index (χ1n) is 10.1. The van der Waals surface area contributed by atoms with Crippen LogP contribution in [0.3, 0.4) is 0 Å². The lowest BCUT2D eigenvalue weighted by atomic mass is 9.98. The third kappa shape index (κ3) is 4.36. The van der Waals surface area contributed by atoms with Crippen LogP contribution in [0, 0.1) is 0 Å². The average Bonchev–Trinajstić information content (AvgIpc) is 2.80. The fourth-order valence-corrected chi connectivity index (χ4v) is 4.00. The highest BCUT2D eigenvalue weighted by molar-refractivity contribution is 5.52. The molecule has 1 unspecified atom stereocenters. The molecule has 1 atom stereocenters. The zero-order valence-corrected chi connectivity index (χ0v) is 17.3. The highest BCUT2D eigenvalue weighted by Gasteiger charge is 2.27. The predicted octanol–water partition coefficient (Wildman–Crippen LogP) is 3.58. The number of likely N-dealkylation sites (tertiary alicyclic amines) is 1. The van der Waals surface area contributed by atoms with Crippen LogP contribution < -0.4 is 15.0 Å². The van der Waals surface area contributed by atoms with Gasteiger partial charge in [-0.05, 0) is 37.6 Å². The number of rotatable bonds is 6. The normalized spacial score (nSPS) is 16.9. The lowest BCUT2D eigenvalue weighted by Crippen LogP contribution is -2.34. The van der Waals surface area contributed by atoms with Crippen LogP contribution in [-0.4, -0.2) is 40.6 Å². The Morgan fingerprint density at radius 2 is 2.07 bits per heavy atom. The van der Waals surface area contributed by atoms with Gasteiger partial charge in [0.15, 0.2) is 0 Å². The Kier molecular flexibility index (Phi) is 6.09. The number of aromatic amines is 1. The molecule has 1 aliphatic rings. The minimum atomic E-state index is -0.147. The molecular weight excluding hydrogens is 380 g/mol. The predicted molar refractivity (Wildman–Crippen MR) is 115 cm³/mol. The van der Waals surface area contributed by atoms with Gasteiger partial charge in [0.1, 0.15) is 17.3 Å². The molecule has 0 radical (unpaired) electrons. The lowest BCUT2D eigenvalue weighted by molar-refractivity contribution is 0.136. The van der Waals surface area contributed by atoms with Crippen molar-refractivity contribution in [2.75, 3.05) is 20.8 Å². The first-order valence-corrected chi connectivity index (χ1v) is 10.1. The summed E-state index contributed by atoms with van der Waals surface area (Å²) in [4.78, 5) is 26.6. The van der Waals surface area contributed by atoms with E-state index >= 15 is 0 Å². The fourth-order valence-electron chi connectivity index (χ4n) is 4.00. The summed E-state index contributed by atoms with van der Waals surface area (Å²) in [6.45, 7) is 1.66. The number of piperidine rings is 1. The molecule has 3 aromatic rings. The molecular formula is C23H26N4O3. The first-order chi connectivity index (χ1) is 14.7. The van der Waals surface area contributed by atoms with Crippen LogP contribution >= 0.6 is 0 Å². The zero-order valence-electron chi connectivity index (χ0n) is 17.3. The summed E-state index contributed by atoms with van der Waals surface area (Å²) in [6, 6.07) is 11.3. The maximum Gasteiger partial charge on any atom is 0.251 e. The van der Waals surface area contributed by atoms with E-state index in [0.29, 0.717) is 12.4 Å². The maximum absolute atomic E-state index is 12.4. The van der Waals surface area contributed by atoms with Crippen LogP contribution in [-0.2, 0) is 6.54 Å². The van der Waals surface area contributed by atoms with Crippen LogP contribution in [0.2, 0.25) is 0 Å². The Hall–Kier alpha value is -3.19. The van der Waals surface area contributed by atoms with Crippen molar-refractivity contribution in [1.82, 2.24) is 19.9 Å². The third-order valence-electron chi connectivity index (χ3n) is 5.52. The Labute approximate surface area is 175 Å².